The highest BCUT2D eigenvalue weighted by molar-refractivity contribution is 6.24. The van der Waals surface area contributed by atoms with E-state index < -0.39 is 0 Å². The molecule has 0 saturated carbocycles. The zero-order chi connectivity index (χ0) is 23.6. The Labute approximate surface area is 204 Å². The molecule has 0 radical (unpaired) electrons. The molecule has 0 N–H and O–H groups in total. The lowest BCUT2D eigenvalue weighted by molar-refractivity contribution is 0.966. The number of hydrogen-bond donors (Lipinski definition) is 0. The number of aromatic nitrogens is 6. The summed E-state index contributed by atoms with van der Waals surface area (Å²) >= 11 is 0. The molecule has 36 heavy (non-hydrogen) atoms. The lowest BCUT2D eigenvalue weighted by atomic mass is 10.00. The zero-order valence-electron chi connectivity index (χ0n) is 18.9. The van der Waals surface area contributed by atoms with Gasteiger partial charge in [0.2, 0.25) is 11.6 Å². The van der Waals surface area contributed by atoms with Crippen molar-refractivity contribution in [1.29, 1.82) is 0 Å². The quantitative estimate of drug-likeness (QED) is 0.256. The maximum atomic E-state index is 4.93. The van der Waals surface area contributed by atoms with E-state index in [9.17, 15) is 0 Å². The van der Waals surface area contributed by atoms with Gasteiger partial charge in [0.15, 0.2) is 0 Å². The Morgan fingerprint density at radius 1 is 0.278 bits per heavy atom. The minimum Gasteiger partial charge on any atom is -0.221 e. The summed E-state index contributed by atoms with van der Waals surface area (Å²) in [6.45, 7) is 0. The molecule has 0 bridgehead atoms. The Morgan fingerprint density at radius 2 is 0.556 bits per heavy atom. The molecule has 0 aliphatic heterocycles. The maximum Gasteiger partial charge on any atom is 0.222 e. The fraction of sp³-hybridized carbons (Fsp3) is 0. The highest BCUT2D eigenvalue weighted by Gasteiger charge is 2.17. The van der Waals surface area contributed by atoms with Gasteiger partial charge in [0.25, 0.3) is 0 Å². The van der Waals surface area contributed by atoms with E-state index in [0.29, 0.717) is 11.6 Å². The molecule has 0 atom stereocenters. The van der Waals surface area contributed by atoms with Crippen molar-refractivity contribution in [3.63, 3.8) is 0 Å². The molecule has 0 amide bonds. The molecule has 6 nitrogen and oxygen atoms in total. The number of benzene rings is 6. The highest BCUT2D eigenvalue weighted by atomic mass is 15.2. The first-order chi connectivity index (χ1) is 17.9. The van der Waals surface area contributed by atoms with Gasteiger partial charge in [-0.1, -0.05) is 97.1 Å². The van der Waals surface area contributed by atoms with E-state index in [1.807, 2.05) is 48.5 Å². The first kappa shape index (κ1) is 19.2. The van der Waals surface area contributed by atoms with Crippen LogP contribution in [-0.4, -0.2) is 30.4 Å². The predicted molar refractivity (Wildman–Crippen MR) is 144 cm³/mol. The lowest BCUT2D eigenvalue weighted by Gasteiger charge is -2.10. The Hall–Kier alpha value is -5.10. The number of nitrogens with zero attached hydrogens (tertiary/aromatic N) is 6. The van der Waals surface area contributed by atoms with E-state index in [2.05, 4.69) is 68.9 Å². The van der Waals surface area contributed by atoms with Crippen molar-refractivity contribution in [3.05, 3.63) is 97.1 Å². The number of rotatable bonds is 1. The molecule has 2 heterocycles. The van der Waals surface area contributed by atoms with E-state index in [1.165, 1.54) is 0 Å². The second kappa shape index (κ2) is 7.20. The maximum absolute atomic E-state index is 4.93. The van der Waals surface area contributed by atoms with Gasteiger partial charge in [-0.3, -0.25) is 0 Å². The van der Waals surface area contributed by atoms with Crippen LogP contribution >= 0.6 is 0 Å². The summed E-state index contributed by atoms with van der Waals surface area (Å²) in [4.78, 5) is 9.87. The molecule has 6 heteroatoms. The van der Waals surface area contributed by atoms with Gasteiger partial charge in [0, 0.05) is 21.5 Å². The molecule has 0 unspecified atom stereocenters. The van der Waals surface area contributed by atoms with Gasteiger partial charge in [-0.05, 0) is 21.5 Å². The first-order valence-electron chi connectivity index (χ1n) is 11.7. The van der Waals surface area contributed by atoms with Crippen LogP contribution in [0.5, 0.6) is 0 Å². The molecule has 0 aliphatic rings. The van der Waals surface area contributed by atoms with Gasteiger partial charge in [-0.25, -0.2) is 9.97 Å². The van der Waals surface area contributed by atoms with Gasteiger partial charge < -0.3 is 0 Å². The Balaban J connectivity index is 1.45. The molecule has 0 spiro atoms. The van der Waals surface area contributed by atoms with Crippen molar-refractivity contribution in [2.24, 2.45) is 0 Å². The van der Waals surface area contributed by atoms with Gasteiger partial charge in [-0.2, -0.15) is 0 Å². The number of fused-ring (bicyclic) bond motifs is 12. The molecular weight excluding hydrogens is 444 g/mol. The molecule has 0 aliphatic carbocycles. The Kier molecular flexibility index (Phi) is 3.85. The van der Waals surface area contributed by atoms with E-state index in [0.717, 1.165) is 65.2 Å². The van der Waals surface area contributed by atoms with Crippen molar-refractivity contribution >= 4 is 65.2 Å². The average Bonchev–Trinajstić information content (AvgIpc) is 2.97. The monoisotopic (exact) mass is 460 g/mol. The van der Waals surface area contributed by atoms with Crippen LogP contribution in [0.1, 0.15) is 0 Å². The van der Waals surface area contributed by atoms with Crippen LogP contribution in [0.4, 0.5) is 0 Å². The standard InChI is InChI=1S/C30H16N6/c1-5-13-21-17(9-1)19-11-3-7-15-23(19)27-25(21)31-29(35-33-27)30-32-26-22-14-6-2-10-18(22)20-12-4-8-16-24(20)28(26)34-36-30/h1-16H. The minimum atomic E-state index is 0.356. The second-order valence-electron chi connectivity index (χ2n) is 8.85. The molecule has 8 rings (SSSR count). The van der Waals surface area contributed by atoms with Crippen LogP contribution < -0.4 is 0 Å². The predicted octanol–water partition coefficient (Wildman–Crippen LogP) is 6.64. The molecule has 2 aromatic heterocycles. The normalized spacial score (nSPS) is 11.9. The van der Waals surface area contributed by atoms with Gasteiger partial charge in [0.05, 0.1) is 0 Å². The fourth-order valence-corrected chi connectivity index (χ4v) is 5.28. The van der Waals surface area contributed by atoms with Crippen LogP contribution in [0.3, 0.4) is 0 Å². The minimum absolute atomic E-state index is 0.356. The molecule has 6 aromatic carbocycles. The SMILES string of the molecule is c1ccc2c(c1)c1ccccc1c1nc(-c3nnc4c5ccccc5c5ccccc5c4n3)nnc21. The zero-order valence-corrected chi connectivity index (χ0v) is 18.9. The lowest BCUT2D eigenvalue weighted by Crippen LogP contribution is -2.02. The first-order valence-corrected chi connectivity index (χ1v) is 11.7. The molecule has 166 valence electrons. The fourth-order valence-electron chi connectivity index (χ4n) is 5.28. The Bertz CT molecular complexity index is 1940. The molecule has 0 saturated heterocycles. The summed E-state index contributed by atoms with van der Waals surface area (Å²) in [5, 5.41) is 26.7. The van der Waals surface area contributed by atoms with Crippen LogP contribution in [0.15, 0.2) is 97.1 Å². The number of hydrogen-bond acceptors (Lipinski definition) is 6. The third kappa shape index (κ3) is 2.61. The summed E-state index contributed by atoms with van der Waals surface area (Å²) in [5.74, 6) is 0.712. The van der Waals surface area contributed by atoms with Crippen molar-refractivity contribution in [2.75, 3.05) is 0 Å². The van der Waals surface area contributed by atoms with Crippen LogP contribution in [0.2, 0.25) is 0 Å². The highest BCUT2D eigenvalue weighted by Crippen LogP contribution is 2.35. The van der Waals surface area contributed by atoms with E-state index in [-0.39, 0.29) is 0 Å². The summed E-state index contributed by atoms with van der Waals surface area (Å²) in [6.07, 6.45) is 0. The molecule has 8 aromatic rings. The second-order valence-corrected chi connectivity index (χ2v) is 8.85. The average molecular weight is 461 g/mol. The summed E-state index contributed by atoms with van der Waals surface area (Å²) < 4.78 is 0. The largest absolute Gasteiger partial charge is 0.222 e. The van der Waals surface area contributed by atoms with Gasteiger partial charge in [-0.15, -0.1) is 20.4 Å². The topological polar surface area (TPSA) is 77.3 Å². The van der Waals surface area contributed by atoms with Gasteiger partial charge >= 0.3 is 0 Å². The summed E-state index contributed by atoms with van der Waals surface area (Å²) in [7, 11) is 0. The van der Waals surface area contributed by atoms with Crippen LogP contribution in [0.25, 0.3) is 76.8 Å². The van der Waals surface area contributed by atoms with E-state index in [4.69, 9.17) is 9.97 Å². The third-order valence-electron chi connectivity index (χ3n) is 6.88. The van der Waals surface area contributed by atoms with E-state index in [1.54, 1.807) is 0 Å². The molecule has 0 fully saturated rings. The smallest absolute Gasteiger partial charge is 0.221 e. The van der Waals surface area contributed by atoms with Gasteiger partial charge in [0.1, 0.15) is 22.1 Å². The van der Waals surface area contributed by atoms with Crippen molar-refractivity contribution in [3.8, 4) is 11.6 Å². The van der Waals surface area contributed by atoms with Crippen molar-refractivity contribution in [2.45, 2.75) is 0 Å². The van der Waals surface area contributed by atoms with Crippen LogP contribution in [0, 0.1) is 0 Å². The summed E-state index contributed by atoms with van der Waals surface area (Å²) in [6, 6.07) is 32.9. The van der Waals surface area contributed by atoms with Crippen molar-refractivity contribution in [1.82, 2.24) is 30.4 Å². The van der Waals surface area contributed by atoms with E-state index >= 15 is 0 Å². The Morgan fingerprint density at radius 3 is 0.889 bits per heavy atom. The van der Waals surface area contributed by atoms with Crippen LogP contribution in [-0.2, 0) is 0 Å². The third-order valence-corrected chi connectivity index (χ3v) is 6.88. The summed E-state index contributed by atoms with van der Waals surface area (Å²) in [5.41, 5.74) is 3.08. The van der Waals surface area contributed by atoms with Crippen molar-refractivity contribution < 1.29 is 0 Å². The molecular formula is C30H16N6.